The van der Waals surface area contributed by atoms with Gasteiger partial charge in [0.2, 0.25) is 0 Å². The number of ether oxygens (including phenoxy) is 1. The SMILES string of the molecule is Cc1ccc(C(C)C)cc1OCC(=O)NN1C(=O)NC(C)(c2ccccc2)C1=O. The zero-order valence-electron chi connectivity index (χ0n) is 17.0. The molecule has 2 aromatic carbocycles. The number of hydrogen-bond acceptors (Lipinski definition) is 4. The van der Waals surface area contributed by atoms with Crippen LogP contribution in [-0.4, -0.2) is 29.5 Å². The van der Waals surface area contributed by atoms with Crippen molar-refractivity contribution in [1.29, 1.82) is 0 Å². The summed E-state index contributed by atoms with van der Waals surface area (Å²) in [4.78, 5) is 37.4. The van der Waals surface area contributed by atoms with Crippen LogP contribution in [0.2, 0.25) is 0 Å². The monoisotopic (exact) mass is 395 g/mol. The highest BCUT2D eigenvalue weighted by Gasteiger charge is 2.49. The second kappa shape index (κ2) is 7.95. The van der Waals surface area contributed by atoms with Crippen molar-refractivity contribution in [3.05, 3.63) is 65.2 Å². The van der Waals surface area contributed by atoms with Gasteiger partial charge in [-0.15, -0.1) is 0 Å². The summed E-state index contributed by atoms with van der Waals surface area (Å²) < 4.78 is 5.63. The van der Waals surface area contributed by atoms with Gasteiger partial charge in [0.25, 0.3) is 11.8 Å². The number of imide groups is 1. The van der Waals surface area contributed by atoms with Crippen molar-refractivity contribution in [3.63, 3.8) is 0 Å². The number of hydrazine groups is 1. The highest BCUT2D eigenvalue weighted by atomic mass is 16.5. The van der Waals surface area contributed by atoms with Crippen LogP contribution in [0.15, 0.2) is 48.5 Å². The van der Waals surface area contributed by atoms with Crippen molar-refractivity contribution in [1.82, 2.24) is 15.8 Å². The largest absolute Gasteiger partial charge is 0.483 e. The van der Waals surface area contributed by atoms with Crippen molar-refractivity contribution in [2.24, 2.45) is 0 Å². The van der Waals surface area contributed by atoms with Gasteiger partial charge in [0.15, 0.2) is 6.61 Å². The average Bonchev–Trinajstić information content (AvgIpc) is 2.92. The quantitative estimate of drug-likeness (QED) is 0.736. The molecule has 0 bridgehead atoms. The fourth-order valence-corrected chi connectivity index (χ4v) is 3.14. The van der Waals surface area contributed by atoms with Crippen LogP contribution in [-0.2, 0) is 15.1 Å². The second-order valence-corrected chi connectivity index (χ2v) is 7.57. The van der Waals surface area contributed by atoms with Gasteiger partial charge in [0, 0.05) is 0 Å². The van der Waals surface area contributed by atoms with Crippen LogP contribution in [0.4, 0.5) is 4.79 Å². The van der Waals surface area contributed by atoms with Crippen molar-refractivity contribution < 1.29 is 19.1 Å². The number of benzene rings is 2. The Labute approximate surface area is 170 Å². The summed E-state index contributed by atoms with van der Waals surface area (Å²) in [6.07, 6.45) is 0. The van der Waals surface area contributed by atoms with E-state index in [1.807, 2.05) is 31.2 Å². The summed E-state index contributed by atoms with van der Waals surface area (Å²) in [5.74, 6) is -0.230. The molecule has 0 saturated carbocycles. The molecule has 0 aromatic heterocycles. The van der Waals surface area contributed by atoms with Crippen molar-refractivity contribution in [2.45, 2.75) is 39.2 Å². The molecular formula is C22H25N3O4. The first-order valence-corrected chi connectivity index (χ1v) is 9.47. The maximum absolute atomic E-state index is 12.8. The third kappa shape index (κ3) is 4.08. The van der Waals surface area contributed by atoms with Crippen LogP contribution in [0.25, 0.3) is 0 Å². The third-order valence-electron chi connectivity index (χ3n) is 5.02. The van der Waals surface area contributed by atoms with Crippen LogP contribution in [0, 0.1) is 6.92 Å². The number of nitrogens with one attached hydrogen (secondary N) is 2. The Morgan fingerprint density at radius 3 is 2.52 bits per heavy atom. The zero-order valence-corrected chi connectivity index (χ0v) is 17.0. The highest BCUT2D eigenvalue weighted by Crippen LogP contribution is 2.28. The Hall–Kier alpha value is -3.35. The molecule has 0 radical (unpaired) electrons. The van der Waals surface area contributed by atoms with E-state index in [2.05, 4.69) is 24.6 Å². The molecule has 7 heteroatoms. The number of carbonyl (C=O) groups is 3. The van der Waals surface area contributed by atoms with E-state index < -0.39 is 23.4 Å². The summed E-state index contributed by atoms with van der Waals surface area (Å²) in [5, 5.41) is 3.34. The van der Waals surface area contributed by atoms with E-state index in [4.69, 9.17) is 4.74 Å². The van der Waals surface area contributed by atoms with E-state index in [0.29, 0.717) is 22.2 Å². The lowest BCUT2D eigenvalue weighted by molar-refractivity contribution is -0.139. The molecule has 0 aliphatic carbocycles. The number of carbonyl (C=O) groups excluding carboxylic acids is 3. The molecule has 1 heterocycles. The van der Waals surface area contributed by atoms with E-state index in [0.717, 1.165) is 11.1 Å². The van der Waals surface area contributed by atoms with Crippen molar-refractivity contribution in [3.8, 4) is 5.75 Å². The molecular weight excluding hydrogens is 370 g/mol. The van der Waals surface area contributed by atoms with Gasteiger partial charge in [-0.25, -0.2) is 4.79 Å². The van der Waals surface area contributed by atoms with Gasteiger partial charge in [-0.3, -0.25) is 15.0 Å². The van der Waals surface area contributed by atoms with Gasteiger partial charge >= 0.3 is 6.03 Å². The van der Waals surface area contributed by atoms with Crippen molar-refractivity contribution >= 4 is 17.8 Å². The van der Waals surface area contributed by atoms with E-state index in [-0.39, 0.29) is 6.61 Å². The molecule has 2 N–H and O–H groups in total. The molecule has 1 fully saturated rings. The minimum absolute atomic E-state index is 0.318. The minimum atomic E-state index is -1.24. The van der Waals surface area contributed by atoms with Crippen LogP contribution in [0.1, 0.15) is 43.4 Å². The summed E-state index contributed by atoms with van der Waals surface area (Å²) in [7, 11) is 0. The Kier molecular flexibility index (Phi) is 5.59. The van der Waals surface area contributed by atoms with Gasteiger partial charge in [0.05, 0.1) is 0 Å². The Morgan fingerprint density at radius 2 is 1.86 bits per heavy atom. The number of rotatable bonds is 6. The third-order valence-corrected chi connectivity index (χ3v) is 5.02. The van der Waals surface area contributed by atoms with Crippen LogP contribution >= 0.6 is 0 Å². The van der Waals surface area contributed by atoms with Crippen LogP contribution in [0.5, 0.6) is 5.75 Å². The predicted molar refractivity (Wildman–Crippen MR) is 108 cm³/mol. The minimum Gasteiger partial charge on any atom is -0.483 e. The lowest BCUT2D eigenvalue weighted by atomic mass is 9.92. The van der Waals surface area contributed by atoms with E-state index >= 15 is 0 Å². The Bertz CT molecular complexity index is 942. The average molecular weight is 395 g/mol. The number of hydrogen-bond donors (Lipinski definition) is 2. The van der Waals surface area contributed by atoms with Crippen LogP contribution in [0.3, 0.4) is 0 Å². The Morgan fingerprint density at radius 1 is 1.17 bits per heavy atom. The molecule has 29 heavy (non-hydrogen) atoms. The molecule has 152 valence electrons. The molecule has 2 aromatic rings. The normalized spacial score (nSPS) is 18.7. The molecule has 1 saturated heterocycles. The van der Waals surface area contributed by atoms with Gasteiger partial charge in [0.1, 0.15) is 11.3 Å². The summed E-state index contributed by atoms with van der Waals surface area (Å²) in [6.45, 7) is 7.32. The molecule has 4 amide bonds. The molecule has 1 aliphatic rings. The van der Waals surface area contributed by atoms with Gasteiger partial charge < -0.3 is 10.1 Å². The lowest BCUT2D eigenvalue weighted by Crippen LogP contribution is -2.49. The fraction of sp³-hybridized carbons (Fsp3) is 0.318. The first-order valence-electron chi connectivity index (χ1n) is 9.47. The number of aryl methyl sites for hydroxylation is 1. The zero-order chi connectivity index (χ0) is 21.2. The Balaban J connectivity index is 1.66. The molecule has 1 aliphatic heterocycles. The molecule has 1 atom stereocenters. The number of nitrogens with zero attached hydrogens (tertiary/aromatic N) is 1. The van der Waals surface area contributed by atoms with Crippen LogP contribution < -0.4 is 15.5 Å². The predicted octanol–water partition coefficient (Wildman–Crippen LogP) is 3.00. The molecule has 3 rings (SSSR count). The van der Waals surface area contributed by atoms with E-state index in [1.165, 1.54) is 0 Å². The molecule has 1 unspecified atom stereocenters. The topological polar surface area (TPSA) is 87.7 Å². The molecule has 7 nitrogen and oxygen atoms in total. The summed E-state index contributed by atoms with van der Waals surface area (Å²) in [5.41, 5.74) is 3.72. The van der Waals surface area contributed by atoms with Gasteiger partial charge in [-0.1, -0.05) is 56.3 Å². The standard InChI is InChI=1S/C22H25N3O4/c1-14(2)16-11-10-15(3)18(12-16)29-13-19(26)24-25-20(27)22(4,23-21(25)28)17-8-6-5-7-9-17/h5-12,14H,13H2,1-4H3,(H,23,28)(H,24,26). The van der Waals surface area contributed by atoms with E-state index in [1.54, 1.807) is 31.2 Å². The first kappa shape index (κ1) is 20.4. The number of amides is 4. The van der Waals surface area contributed by atoms with E-state index in [9.17, 15) is 14.4 Å². The second-order valence-electron chi connectivity index (χ2n) is 7.57. The maximum atomic E-state index is 12.8. The van der Waals surface area contributed by atoms with Gasteiger partial charge in [-0.2, -0.15) is 5.01 Å². The number of urea groups is 1. The van der Waals surface area contributed by atoms with Gasteiger partial charge in [-0.05, 0) is 42.5 Å². The smallest absolute Gasteiger partial charge is 0.344 e. The summed E-state index contributed by atoms with van der Waals surface area (Å²) in [6, 6.07) is 14.0. The fourth-order valence-electron chi connectivity index (χ4n) is 3.14. The lowest BCUT2D eigenvalue weighted by Gasteiger charge is -2.22. The molecule has 0 spiro atoms. The summed E-state index contributed by atoms with van der Waals surface area (Å²) >= 11 is 0. The maximum Gasteiger partial charge on any atom is 0.344 e. The highest BCUT2D eigenvalue weighted by molar-refractivity contribution is 6.08. The van der Waals surface area contributed by atoms with Crippen molar-refractivity contribution in [2.75, 3.05) is 6.61 Å². The first-order chi connectivity index (χ1) is 13.7.